The van der Waals surface area contributed by atoms with Gasteiger partial charge < -0.3 is 14.6 Å². The quantitative estimate of drug-likeness (QED) is 0.801. The van der Waals surface area contributed by atoms with Crippen molar-refractivity contribution in [1.29, 1.82) is 0 Å². The number of hydrogen-bond donors (Lipinski definition) is 1. The van der Waals surface area contributed by atoms with E-state index in [4.69, 9.17) is 9.26 Å². The summed E-state index contributed by atoms with van der Waals surface area (Å²) in [5.41, 5.74) is 1.03. The molecule has 122 valence electrons. The maximum absolute atomic E-state index is 12.7. The lowest BCUT2D eigenvalue weighted by atomic mass is 10.1. The van der Waals surface area contributed by atoms with Crippen LogP contribution in [0.1, 0.15) is 10.5 Å². The first-order valence-corrected chi connectivity index (χ1v) is 7.31. The summed E-state index contributed by atoms with van der Waals surface area (Å²) in [5.74, 6) is 0.188. The molecule has 1 aromatic heterocycles. The lowest BCUT2D eigenvalue weighted by Gasteiger charge is -2.08. The second-order valence-electron chi connectivity index (χ2n) is 5.15. The monoisotopic (exact) mass is 324 g/mol. The molecule has 1 amide bonds. The van der Waals surface area contributed by atoms with E-state index in [1.54, 1.807) is 55.6 Å². The number of aromatic nitrogens is 1. The Morgan fingerprint density at radius 2 is 1.88 bits per heavy atom. The molecule has 0 aliphatic heterocycles. The molecule has 0 fully saturated rings. The summed E-state index contributed by atoms with van der Waals surface area (Å²) < 4.78 is 11.4. The zero-order chi connectivity index (χ0) is 17.1. The highest BCUT2D eigenvalue weighted by atomic mass is 16.5. The van der Waals surface area contributed by atoms with Crippen molar-refractivity contribution < 1.29 is 14.1 Å². The van der Waals surface area contributed by atoms with E-state index in [9.17, 15) is 9.59 Å². The topological polar surface area (TPSA) is 73.5 Å². The summed E-state index contributed by atoms with van der Waals surface area (Å²) in [5, 5.41) is 2.76. The van der Waals surface area contributed by atoms with E-state index < -0.39 is 11.5 Å². The highest BCUT2D eigenvalue weighted by molar-refractivity contribution is 6.07. The van der Waals surface area contributed by atoms with Gasteiger partial charge in [-0.1, -0.05) is 36.4 Å². The first kappa shape index (κ1) is 15.6. The molecular formula is C18H16N2O4. The molecule has 2 aromatic carbocycles. The number of anilines is 1. The standard InChI is InChI=1S/C18H16N2O4/c1-20-16(15(18(22)24-20)12-7-4-3-5-8-12)17(21)19-13-9-6-10-14(11-13)23-2/h3-11H,1-2H3,(H,19,21). The molecule has 0 unspecified atom stereocenters. The molecule has 6 heteroatoms. The van der Waals surface area contributed by atoms with Crippen LogP contribution in [-0.4, -0.2) is 17.8 Å². The number of carbonyl (C=O) groups is 1. The van der Waals surface area contributed by atoms with Gasteiger partial charge in [-0.15, -0.1) is 0 Å². The number of nitrogens with zero attached hydrogens (tertiary/aromatic N) is 1. The van der Waals surface area contributed by atoms with Crippen LogP contribution in [0.4, 0.5) is 5.69 Å². The lowest BCUT2D eigenvalue weighted by molar-refractivity contribution is 0.100. The van der Waals surface area contributed by atoms with Crippen LogP contribution in [0.15, 0.2) is 63.9 Å². The number of nitrogens with one attached hydrogen (secondary N) is 1. The maximum Gasteiger partial charge on any atom is 0.366 e. The Labute approximate surface area is 138 Å². The molecule has 0 spiro atoms. The summed E-state index contributed by atoms with van der Waals surface area (Å²) in [6, 6.07) is 15.9. The summed E-state index contributed by atoms with van der Waals surface area (Å²) in [7, 11) is 3.07. The molecule has 0 aliphatic carbocycles. The molecule has 0 atom stereocenters. The average molecular weight is 324 g/mol. The number of benzene rings is 2. The molecule has 3 aromatic rings. The van der Waals surface area contributed by atoms with E-state index in [2.05, 4.69) is 5.32 Å². The van der Waals surface area contributed by atoms with Crippen molar-refractivity contribution >= 4 is 11.6 Å². The van der Waals surface area contributed by atoms with Crippen LogP contribution in [0.5, 0.6) is 5.75 Å². The Balaban J connectivity index is 2.00. The molecule has 1 N–H and O–H groups in total. The van der Waals surface area contributed by atoms with Crippen LogP contribution < -0.4 is 15.7 Å². The van der Waals surface area contributed by atoms with Crippen molar-refractivity contribution in [1.82, 2.24) is 4.74 Å². The van der Waals surface area contributed by atoms with Crippen LogP contribution in [0, 0.1) is 0 Å². The number of amides is 1. The van der Waals surface area contributed by atoms with E-state index in [-0.39, 0.29) is 11.3 Å². The van der Waals surface area contributed by atoms with Gasteiger partial charge in [-0.25, -0.2) is 9.53 Å². The molecule has 24 heavy (non-hydrogen) atoms. The minimum absolute atomic E-state index is 0.161. The molecule has 6 nitrogen and oxygen atoms in total. The van der Waals surface area contributed by atoms with Gasteiger partial charge in [0.05, 0.1) is 7.11 Å². The highest BCUT2D eigenvalue weighted by Crippen LogP contribution is 2.22. The Morgan fingerprint density at radius 3 is 2.58 bits per heavy atom. The third-order valence-corrected chi connectivity index (χ3v) is 3.58. The normalized spacial score (nSPS) is 10.4. The third kappa shape index (κ3) is 2.94. The van der Waals surface area contributed by atoms with E-state index in [1.165, 1.54) is 11.8 Å². The van der Waals surface area contributed by atoms with Crippen LogP contribution in [0.25, 0.3) is 11.1 Å². The second kappa shape index (κ2) is 6.45. The highest BCUT2D eigenvalue weighted by Gasteiger charge is 2.23. The first-order valence-electron chi connectivity index (χ1n) is 7.31. The number of aryl methyl sites for hydroxylation is 1. The van der Waals surface area contributed by atoms with Gasteiger partial charge in [0.2, 0.25) is 0 Å². The summed E-state index contributed by atoms with van der Waals surface area (Å²) in [6.07, 6.45) is 0. The summed E-state index contributed by atoms with van der Waals surface area (Å²) >= 11 is 0. The number of ether oxygens (including phenoxy) is 1. The fourth-order valence-corrected chi connectivity index (χ4v) is 2.48. The van der Waals surface area contributed by atoms with E-state index >= 15 is 0 Å². The summed E-state index contributed by atoms with van der Waals surface area (Å²) in [4.78, 5) is 24.8. The van der Waals surface area contributed by atoms with Crippen molar-refractivity contribution in [2.45, 2.75) is 0 Å². The lowest BCUT2D eigenvalue weighted by Crippen LogP contribution is -2.17. The fraction of sp³-hybridized carbons (Fsp3) is 0.111. The Kier molecular flexibility index (Phi) is 4.20. The van der Waals surface area contributed by atoms with Gasteiger partial charge in [0.25, 0.3) is 5.91 Å². The van der Waals surface area contributed by atoms with Crippen molar-refractivity contribution in [3.8, 4) is 16.9 Å². The minimum atomic E-state index is -0.556. The first-order chi connectivity index (χ1) is 11.6. The van der Waals surface area contributed by atoms with Crippen molar-refractivity contribution in [2.24, 2.45) is 7.05 Å². The van der Waals surface area contributed by atoms with Gasteiger partial charge in [-0.05, 0) is 17.7 Å². The van der Waals surface area contributed by atoms with Crippen molar-refractivity contribution in [3.63, 3.8) is 0 Å². The van der Waals surface area contributed by atoms with Gasteiger partial charge in [-0.2, -0.15) is 0 Å². The molecule has 3 rings (SSSR count). The molecule has 0 saturated carbocycles. The van der Waals surface area contributed by atoms with Crippen LogP contribution in [0.3, 0.4) is 0 Å². The number of hydrogen-bond acceptors (Lipinski definition) is 4. The van der Waals surface area contributed by atoms with Gasteiger partial charge in [-0.3, -0.25) is 4.79 Å². The minimum Gasteiger partial charge on any atom is -0.497 e. The van der Waals surface area contributed by atoms with Gasteiger partial charge >= 0.3 is 5.63 Å². The largest absolute Gasteiger partial charge is 0.497 e. The summed E-state index contributed by atoms with van der Waals surface area (Å²) in [6.45, 7) is 0. The zero-order valence-electron chi connectivity index (χ0n) is 13.3. The Hall–Kier alpha value is -3.28. The molecule has 0 radical (unpaired) electrons. The zero-order valence-corrected chi connectivity index (χ0v) is 13.3. The number of methoxy groups -OCH3 is 1. The van der Waals surface area contributed by atoms with Crippen molar-refractivity contribution in [3.05, 3.63) is 70.7 Å². The smallest absolute Gasteiger partial charge is 0.366 e. The number of rotatable bonds is 4. The Morgan fingerprint density at radius 1 is 1.12 bits per heavy atom. The van der Waals surface area contributed by atoms with E-state index in [1.807, 2.05) is 6.07 Å². The fourth-order valence-electron chi connectivity index (χ4n) is 2.48. The average Bonchev–Trinajstić information content (AvgIpc) is 2.90. The third-order valence-electron chi connectivity index (χ3n) is 3.58. The van der Waals surface area contributed by atoms with Crippen molar-refractivity contribution in [2.75, 3.05) is 12.4 Å². The van der Waals surface area contributed by atoms with Crippen LogP contribution >= 0.6 is 0 Å². The molecule has 0 aliphatic rings. The predicted octanol–water partition coefficient (Wildman–Crippen LogP) is 2.91. The second-order valence-corrected chi connectivity index (χ2v) is 5.15. The molecule has 0 saturated heterocycles. The molecular weight excluding hydrogens is 308 g/mol. The Bertz CT molecular complexity index is 926. The maximum atomic E-state index is 12.7. The van der Waals surface area contributed by atoms with E-state index in [0.29, 0.717) is 17.0 Å². The number of carbonyl (C=O) groups excluding carboxylic acids is 1. The molecule has 0 bridgehead atoms. The van der Waals surface area contributed by atoms with Crippen LogP contribution in [-0.2, 0) is 7.05 Å². The van der Waals surface area contributed by atoms with E-state index in [0.717, 1.165) is 0 Å². The van der Waals surface area contributed by atoms with Gasteiger partial charge in [0, 0.05) is 18.8 Å². The SMILES string of the molecule is COc1cccc(NC(=O)c2c(-c3ccccc3)c(=O)on2C)c1. The molecule has 1 heterocycles. The van der Waals surface area contributed by atoms with Crippen LogP contribution in [0.2, 0.25) is 0 Å². The van der Waals surface area contributed by atoms with Gasteiger partial charge in [0.1, 0.15) is 11.3 Å². The predicted molar refractivity (Wildman–Crippen MR) is 90.3 cm³/mol. The van der Waals surface area contributed by atoms with Gasteiger partial charge in [0.15, 0.2) is 5.69 Å².